The minimum atomic E-state index is -0.355. The second-order valence-corrected chi connectivity index (χ2v) is 3.87. The van der Waals surface area contributed by atoms with Crippen LogP contribution in [-0.4, -0.2) is 25.5 Å². The fourth-order valence-corrected chi connectivity index (χ4v) is 1.57. The van der Waals surface area contributed by atoms with Gasteiger partial charge in [-0.1, -0.05) is 12.1 Å². The average Bonchev–Trinajstić information content (AvgIpc) is 2.37. The van der Waals surface area contributed by atoms with Crippen LogP contribution in [0.25, 0.3) is 0 Å². The zero-order chi connectivity index (χ0) is 13.4. The Morgan fingerprint density at radius 1 is 1.22 bits per heavy atom. The molecule has 0 aliphatic carbocycles. The number of ketones is 1. The molecule has 0 fully saturated rings. The Kier molecular flexibility index (Phi) is 5.91. The molecule has 98 valence electrons. The van der Waals surface area contributed by atoms with Gasteiger partial charge < -0.3 is 9.47 Å². The Bertz CT molecular complexity index is 412. The van der Waals surface area contributed by atoms with Gasteiger partial charge in [-0.15, -0.1) is 0 Å². The highest BCUT2D eigenvalue weighted by atomic mass is 16.5. The number of rotatable bonds is 7. The summed E-state index contributed by atoms with van der Waals surface area (Å²) in [5.74, 6) is 0.427. The molecule has 0 radical (unpaired) electrons. The van der Waals surface area contributed by atoms with Gasteiger partial charge in [-0.2, -0.15) is 0 Å². The van der Waals surface area contributed by atoms with Crippen LogP contribution < -0.4 is 4.74 Å². The standard InChI is InChI=1S/C14H18O4/c1-3-18-13-6-4-5-11(10-13)9-12(15)7-8-14(16)17-2/h4-6,10H,3,7-9H2,1-2H3. The van der Waals surface area contributed by atoms with E-state index < -0.39 is 0 Å². The number of carbonyl (C=O) groups excluding carboxylic acids is 2. The maximum absolute atomic E-state index is 11.7. The fourth-order valence-electron chi connectivity index (χ4n) is 1.57. The van der Waals surface area contributed by atoms with Crippen LogP contribution in [0.5, 0.6) is 5.75 Å². The van der Waals surface area contributed by atoms with Crippen molar-refractivity contribution in [3.05, 3.63) is 29.8 Å². The predicted octanol–water partition coefficient (Wildman–Crippen LogP) is 2.15. The molecule has 0 amide bonds. The van der Waals surface area contributed by atoms with Crippen LogP contribution in [0.4, 0.5) is 0 Å². The maximum atomic E-state index is 11.7. The lowest BCUT2D eigenvalue weighted by Gasteiger charge is -2.05. The van der Waals surface area contributed by atoms with Gasteiger partial charge >= 0.3 is 5.97 Å². The predicted molar refractivity (Wildman–Crippen MR) is 67.6 cm³/mol. The van der Waals surface area contributed by atoms with Gasteiger partial charge in [0.2, 0.25) is 0 Å². The molecule has 0 aliphatic rings. The van der Waals surface area contributed by atoms with Gasteiger partial charge in [-0.3, -0.25) is 9.59 Å². The van der Waals surface area contributed by atoms with Gasteiger partial charge in [0.15, 0.2) is 0 Å². The average molecular weight is 250 g/mol. The van der Waals surface area contributed by atoms with Crippen LogP contribution in [0.3, 0.4) is 0 Å². The van der Waals surface area contributed by atoms with Crippen molar-refractivity contribution in [3.8, 4) is 5.75 Å². The Hall–Kier alpha value is -1.84. The van der Waals surface area contributed by atoms with E-state index in [4.69, 9.17) is 4.74 Å². The summed E-state index contributed by atoms with van der Waals surface area (Å²) in [6, 6.07) is 7.43. The first-order valence-corrected chi connectivity index (χ1v) is 5.96. The van der Waals surface area contributed by atoms with Crippen LogP contribution in [0.15, 0.2) is 24.3 Å². The lowest BCUT2D eigenvalue weighted by atomic mass is 10.1. The van der Waals surface area contributed by atoms with Crippen molar-refractivity contribution >= 4 is 11.8 Å². The second-order valence-electron chi connectivity index (χ2n) is 3.87. The van der Waals surface area contributed by atoms with E-state index in [9.17, 15) is 9.59 Å². The molecule has 0 bridgehead atoms. The molecule has 0 unspecified atom stereocenters. The summed E-state index contributed by atoms with van der Waals surface area (Å²) < 4.78 is 9.85. The van der Waals surface area contributed by atoms with Gasteiger partial charge in [-0.05, 0) is 24.6 Å². The molecule has 0 atom stereocenters. The largest absolute Gasteiger partial charge is 0.494 e. The van der Waals surface area contributed by atoms with Crippen molar-refractivity contribution in [2.24, 2.45) is 0 Å². The van der Waals surface area contributed by atoms with E-state index in [2.05, 4.69) is 4.74 Å². The molecule has 18 heavy (non-hydrogen) atoms. The number of hydrogen-bond donors (Lipinski definition) is 0. The molecular formula is C14H18O4. The van der Waals surface area contributed by atoms with Crippen molar-refractivity contribution in [1.82, 2.24) is 0 Å². The molecule has 4 nitrogen and oxygen atoms in total. The second kappa shape index (κ2) is 7.48. The third-order valence-corrected chi connectivity index (χ3v) is 2.45. The number of benzene rings is 1. The smallest absolute Gasteiger partial charge is 0.305 e. The van der Waals surface area contributed by atoms with E-state index in [1.165, 1.54) is 7.11 Å². The molecule has 0 aromatic heterocycles. The van der Waals surface area contributed by atoms with Crippen molar-refractivity contribution in [3.63, 3.8) is 0 Å². The molecule has 1 aromatic carbocycles. The van der Waals surface area contributed by atoms with Gasteiger partial charge in [0.05, 0.1) is 20.1 Å². The monoisotopic (exact) mass is 250 g/mol. The molecule has 0 N–H and O–H groups in total. The number of carbonyl (C=O) groups is 2. The number of Topliss-reactive ketones (excluding diaryl/α,β-unsaturated/α-hetero) is 1. The highest BCUT2D eigenvalue weighted by Gasteiger charge is 2.08. The summed E-state index contributed by atoms with van der Waals surface area (Å²) in [6.07, 6.45) is 0.671. The number of hydrogen-bond acceptors (Lipinski definition) is 4. The zero-order valence-electron chi connectivity index (χ0n) is 10.8. The lowest BCUT2D eigenvalue weighted by Crippen LogP contribution is -2.08. The van der Waals surface area contributed by atoms with Crippen LogP contribution in [0, 0.1) is 0 Å². The van der Waals surface area contributed by atoms with Crippen LogP contribution in [0.2, 0.25) is 0 Å². The van der Waals surface area contributed by atoms with Gasteiger partial charge in [0.25, 0.3) is 0 Å². The maximum Gasteiger partial charge on any atom is 0.305 e. The summed E-state index contributed by atoms with van der Waals surface area (Å²) in [5.41, 5.74) is 0.899. The van der Waals surface area contributed by atoms with E-state index in [1.54, 1.807) is 0 Å². The minimum Gasteiger partial charge on any atom is -0.494 e. The van der Waals surface area contributed by atoms with Crippen LogP contribution in [-0.2, 0) is 20.7 Å². The zero-order valence-corrected chi connectivity index (χ0v) is 10.8. The minimum absolute atomic E-state index is 0.0223. The first kappa shape index (κ1) is 14.2. The molecule has 1 aromatic rings. The summed E-state index contributed by atoms with van der Waals surface area (Å²) in [5, 5.41) is 0. The first-order chi connectivity index (χ1) is 8.65. The summed E-state index contributed by atoms with van der Waals surface area (Å²) >= 11 is 0. The SMILES string of the molecule is CCOc1cccc(CC(=O)CCC(=O)OC)c1. The van der Waals surface area contributed by atoms with E-state index in [1.807, 2.05) is 31.2 Å². The molecule has 0 saturated heterocycles. The number of methoxy groups -OCH3 is 1. The number of ether oxygens (including phenoxy) is 2. The number of esters is 1. The van der Waals surface area contributed by atoms with E-state index in [-0.39, 0.29) is 24.6 Å². The molecule has 4 heteroatoms. The molecular weight excluding hydrogens is 232 g/mol. The van der Waals surface area contributed by atoms with E-state index in [0.717, 1.165) is 11.3 Å². The van der Waals surface area contributed by atoms with Crippen LogP contribution >= 0.6 is 0 Å². The molecule has 1 rings (SSSR count). The highest BCUT2D eigenvalue weighted by Crippen LogP contribution is 2.14. The normalized spacial score (nSPS) is 9.89. The highest BCUT2D eigenvalue weighted by molar-refractivity contribution is 5.84. The molecule has 0 aliphatic heterocycles. The molecule has 0 spiro atoms. The third-order valence-electron chi connectivity index (χ3n) is 2.45. The van der Waals surface area contributed by atoms with Crippen molar-refractivity contribution in [2.45, 2.75) is 26.2 Å². The topological polar surface area (TPSA) is 52.6 Å². The first-order valence-electron chi connectivity index (χ1n) is 5.96. The van der Waals surface area contributed by atoms with E-state index >= 15 is 0 Å². The van der Waals surface area contributed by atoms with Crippen molar-refractivity contribution < 1.29 is 19.1 Å². The van der Waals surface area contributed by atoms with Gasteiger partial charge in [0.1, 0.15) is 11.5 Å². The summed E-state index contributed by atoms with van der Waals surface area (Å²) in [7, 11) is 1.32. The lowest BCUT2D eigenvalue weighted by molar-refractivity contribution is -0.141. The fraction of sp³-hybridized carbons (Fsp3) is 0.429. The Balaban J connectivity index is 2.48. The Morgan fingerprint density at radius 3 is 2.67 bits per heavy atom. The summed E-state index contributed by atoms with van der Waals surface area (Å²) in [6.45, 7) is 2.51. The summed E-state index contributed by atoms with van der Waals surface area (Å²) in [4.78, 5) is 22.6. The quantitative estimate of drug-likeness (QED) is 0.696. The Morgan fingerprint density at radius 2 is 2.00 bits per heavy atom. The van der Waals surface area contributed by atoms with E-state index in [0.29, 0.717) is 13.0 Å². The molecule has 0 heterocycles. The molecule has 0 saturated carbocycles. The third kappa shape index (κ3) is 4.99. The Labute approximate surface area is 107 Å². The van der Waals surface area contributed by atoms with Crippen LogP contribution in [0.1, 0.15) is 25.3 Å². The van der Waals surface area contributed by atoms with Crippen molar-refractivity contribution in [2.75, 3.05) is 13.7 Å². The van der Waals surface area contributed by atoms with Crippen molar-refractivity contribution in [1.29, 1.82) is 0 Å². The van der Waals surface area contributed by atoms with Gasteiger partial charge in [-0.25, -0.2) is 0 Å². The van der Waals surface area contributed by atoms with Gasteiger partial charge in [0, 0.05) is 12.8 Å².